The van der Waals surface area contributed by atoms with Gasteiger partial charge in [0.15, 0.2) is 0 Å². The zero-order valence-electron chi connectivity index (χ0n) is 14.0. The van der Waals surface area contributed by atoms with Crippen molar-refractivity contribution in [1.29, 1.82) is 0 Å². The molecule has 2 N–H and O–H groups in total. The Morgan fingerprint density at radius 2 is 2.16 bits per heavy atom. The van der Waals surface area contributed by atoms with E-state index in [0.29, 0.717) is 31.9 Å². The largest absolute Gasteiger partial charge is 0.415 e. The second-order valence-corrected chi connectivity index (χ2v) is 6.92. The molecule has 0 unspecified atom stereocenters. The Hall–Kier alpha value is -2.38. The minimum absolute atomic E-state index is 0.109. The molecule has 0 spiro atoms. The van der Waals surface area contributed by atoms with Gasteiger partial charge in [-0.3, -0.25) is 4.79 Å². The molecular formula is C18H21N3O3S. The van der Waals surface area contributed by atoms with Gasteiger partial charge < -0.3 is 20.3 Å². The topological polar surface area (TPSA) is 70.7 Å². The van der Waals surface area contributed by atoms with E-state index in [-0.39, 0.29) is 5.91 Å². The summed E-state index contributed by atoms with van der Waals surface area (Å²) in [6.07, 6.45) is -0.424. The molecule has 2 amide bonds. The summed E-state index contributed by atoms with van der Waals surface area (Å²) in [6.45, 7) is 3.75. The van der Waals surface area contributed by atoms with Crippen LogP contribution in [0.25, 0.3) is 0 Å². The first-order valence-corrected chi connectivity index (χ1v) is 9.07. The minimum atomic E-state index is -0.432. The van der Waals surface area contributed by atoms with E-state index in [0.717, 1.165) is 10.4 Å². The van der Waals surface area contributed by atoms with Crippen LogP contribution in [0.2, 0.25) is 0 Å². The average Bonchev–Trinajstić information content (AvgIpc) is 3.15. The van der Waals surface area contributed by atoms with Crippen molar-refractivity contribution in [2.24, 2.45) is 0 Å². The van der Waals surface area contributed by atoms with Crippen LogP contribution in [0.5, 0.6) is 5.75 Å². The normalized spacial score (nSPS) is 17.2. The maximum atomic E-state index is 12.4. The summed E-state index contributed by atoms with van der Waals surface area (Å²) in [6, 6.07) is 10.9. The van der Waals surface area contributed by atoms with Crippen LogP contribution >= 0.6 is 11.3 Å². The molecule has 1 aliphatic rings. The highest BCUT2D eigenvalue weighted by atomic mass is 32.1. The average molecular weight is 359 g/mol. The Morgan fingerprint density at radius 1 is 1.32 bits per heavy atom. The third kappa shape index (κ3) is 4.58. The molecule has 1 atom stereocenters. The van der Waals surface area contributed by atoms with Crippen molar-refractivity contribution >= 4 is 23.3 Å². The quantitative estimate of drug-likeness (QED) is 0.878. The van der Waals surface area contributed by atoms with E-state index in [1.807, 2.05) is 42.6 Å². The van der Waals surface area contributed by atoms with E-state index in [1.165, 1.54) is 0 Å². The van der Waals surface area contributed by atoms with Crippen molar-refractivity contribution in [2.75, 3.05) is 19.6 Å². The number of carbonyl (C=O) groups is 2. The van der Waals surface area contributed by atoms with E-state index in [2.05, 4.69) is 10.6 Å². The Bertz CT molecular complexity index is 733. The van der Waals surface area contributed by atoms with Gasteiger partial charge in [-0.2, -0.15) is 0 Å². The number of piperazine rings is 1. The third-order valence-corrected chi connectivity index (χ3v) is 4.93. The summed E-state index contributed by atoms with van der Waals surface area (Å²) < 4.78 is 5.46. The Balaban J connectivity index is 1.54. The summed E-state index contributed by atoms with van der Waals surface area (Å²) in [7, 11) is 0. The van der Waals surface area contributed by atoms with E-state index in [9.17, 15) is 9.59 Å². The number of rotatable bonds is 4. The molecule has 3 rings (SSSR count). The molecule has 132 valence electrons. The molecule has 1 aromatic carbocycles. The Labute approximate surface area is 150 Å². The molecule has 7 heteroatoms. The standard InChI is InChI=1S/C18H21N3O3S/c1-13-5-2-3-7-16(13)24-18(23)21-9-8-19-15(12-21)17(22)20-11-14-6-4-10-25-14/h2-7,10,15,19H,8-9,11-12H2,1H3,(H,20,22)/t15-/m0/s1. The molecule has 0 saturated carbocycles. The number of ether oxygens (including phenoxy) is 1. The van der Waals surface area contributed by atoms with Crippen molar-refractivity contribution in [3.8, 4) is 5.75 Å². The van der Waals surface area contributed by atoms with Crippen molar-refractivity contribution < 1.29 is 14.3 Å². The highest BCUT2D eigenvalue weighted by molar-refractivity contribution is 7.09. The van der Waals surface area contributed by atoms with Crippen LogP contribution in [-0.2, 0) is 11.3 Å². The zero-order chi connectivity index (χ0) is 17.6. The number of carbonyl (C=O) groups excluding carboxylic acids is 2. The molecule has 1 aromatic heterocycles. The lowest BCUT2D eigenvalue weighted by Crippen LogP contribution is -2.58. The predicted octanol–water partition coefficient (Wildman–Crippen LogP) is 2.15. The fraction of sp³-hybridized carbons (Fsp3) is 0.333. The summed E-state index contributed by atoms with van der Waals surface area (Å²) in [4.78, 5) is 27.4. The zero-order valence-corrected chi connectivity index (χ0v) is 14.8. The highest BCUT2D eigenvalue weighted by Crippen LogP contribution is 2.17. The first kappa shape index (κ1) is 17.4. The van der Waals surface area contributed by atoms with E-state index in [4.69, 9.17) is 4.74 Å². The molecule has 1 aliphatic heterocycles. The van der Waals surface area contributed by atoms with Crippen LogP contribution in [0.15, 0.2) is 41.8 Å². The van der Waals surface area contributed by atoms with Gasteiger partial charge in [0.25, 0.3) is 0 Å². The smallest absolute Gasteiger partial charge is 0.410 e. The molecular weight excluding hydrogens is 338 g/mol. The SMILES string of the molecule is Cc1ccccc1OC(=O)N1CCN[C@H](C(=O)NCc2cccs2)C1. The monoisotopic (exact) mass is 359 g/mol. The van der Waals surface area contributed by atoms with E-state index in [1.54, 1.807) is 22.3 Å². The summed E-state index contributed by atoms with van der Waals surface area (Å²) in [5.41, 5.74) is 0.899. The maximum Gasteiger partial charge on any atom is 0.415 e. The number of hydrogen-bond donors (Lipinski definition) is 2. The second-order valence-electron chi connectivity index (χ2n) is 5.88. The fourth-order valence-electron chi connectivity index (χ4n) is 2.63. The lowest BCUT2D eigenvalue weighted by atomic mass is 10.2. The molecule has 0 radical (unpaired) electrons. The number of nitrogens with zero attached hydrogens (tertiary/aromatic N) is 1. The van der Waals surface area contributed by atoms with Gasteiger partial charge in [-0.1, -0.05) is 24.3 Å². The van der Waals surface area contributed by atoms with Gasteiger partial charge in [-0.15, -0.1) is 11.3 Å². The molecule has 6 nitrogen and oxygen atoms in total. The Kier molecular flexibility index (Phi) is 5.67. The summed E-state index contributed by atoms with van der Waals surface area (Å²) in [5, 5.41) is 8.03. The van der Waals surface area contributed by atoms with Crippen molar-refractivity contribution in [3.05, 3.63) is 52.2 Å². The number of benzene rings is 1. The number of para-hydroxylation sites is 1. The van der Waals surface area contributed by atoms with Gasteiger partial charge in [0.1, 0.15) is 11.8 Å². The van der Waals surface area contributed by atoms with Gasteiger partial charge in [0.2, 0.25) is 5.91 Å². The molecule has 2 aromatic rings. The fourth-order valence-corrected chi connectivity index (χ4v) is 3.28. The van der Waals surface area contributed by atoms with Gasteiger partial charge in [0.05, 0.1) is 6.54 Å². The maximum absolute atomic E-state index is 12.4. The number of nitrogens with one attached hydrogen (secondary N) is 2. The lowest BCUT2D eigenvalue weighted by molar-refractivity contribution is -0.124. The lowest BCUT2D eigenvalue weighted by Gasteiger charge is -2.32. The highest BCUT2D eigenvalue weighted by Gasteiger charge is 2.29. The number of thiophene rings is 1. The van der Waals surface area contributed by atoms with Gasteiger partial charge in [0, 0.05) is 24.5 Å². The molecule has 25 heavy (non-hydrogen) atoms. The van der Waals surface area contributed by atoms with Crippen LogP contribution in [-0.4, -0.2) is 42.6 Å². The van der Waals surface area contributed by atoms with E-state index < -0.39 is 12.1 Å². The van der Waals surface area contributed by atoms with Crippen LogP contribution < -0.4 is 15.4 Å². The van der Waals surface area contributed by atoms with Crippen molar-refractivity contribution in [3.63, 3.8) is 0 Å². The van der Waals surface area contributed by atoms with Crippen LogP contribution in [0, 0.1) is 6.92 Å². The van der Waals surface area contributed by atoms with E-state index >= 15 is 0 Å². The molecule has 0 bridgehead atoms. The van der Waals surface area contributed by atoms with Crippen LogP contribution in [0.3, 0.4) is 0 Å². The molecule has 2 heterocycles. The number of hydrogen-bond acceptors (Lipinski definition) is 5. The molecule has 1 saturated heterocycles. The second kappa shape index (κ2) is 8.13. The summed E-state index contributed by atoms with van der Waals surface area (Å²) in [5.74, 6) is 0.437. The Morgan fingerprint density at radius 3 is 2.92 bits per heavy atom. The first-order chi connectivity index (χ1) is 12.1. The van der Waals surface area contributed by atoms with Crippen molar-refractivity contribution in [1.82, 2.24) is 15.5 Å². The molecule has 0 aliphatic carbocycles. The van der Waals surface area contributed by atoms with Gasteiger partial charge in [-0.05, 0) is 30.0 Å². The number of amides is 2. The first-order valence-electron chi connectivity index (χ1n) is 8.19. The number of aryl methyl sites for hydroxylation is 1. The van der Waals surface area contributed by atoms with Crippen LogP contribution in [0.4, 0.5) is 4.79 Å². The van der Waals surface area contributed by atoms with Gasteiger partial charge >= 0.3 is 6.09 Å². The minimum Gasteiger partial charge on any atom is -0.410 e. The van der Waals surface area contributed by atoms with Crippen LogP contribution in [0.1, 0.15) is 10.4 Å². The summed E-state index contributed by atoms with van der Waals surface area (Å²) >= 11 is 1.60. The predicted molar refractivity (Wildman–Crippen MR) is 96.7 cm³/mol. The van der Waals surface area contributed by atoms with Gasteiger partial charge in [-0.25, -0.2) is 4.79 Å². The van der Waals surface area contributed by atoms with Crippen molar-refractivity contribution in [2.45, 2.75) is 19.5 Å². The molecule has 1 fully saturated rings. The third-order valence-electron chi connectivity index (χ3n) is 4.06.